The number of imide groups is 1. The number of carbonyl (C=O) groups excluding carboxylic acids is 3. The summed E-state index contributed by atoms with van der Waals surface area (Å²) in [6.07, 6.45) is -0.0362. The number of hydrogen-bond acceptors (Lipinski definition) is 6. The summed E-state index contributed by atoms with van der Waals surface area (Å²) in [4.78, 5) is 40.6. The standard InChI is InChI=1S/C24H28Cl2N4O5/c1-4-11-35-20-10-9-18(12-19(20)26)27-22-28-23(32)30(13-15(2)21(31)34-3)24(33)29(22)14-16-5-7-17(25)8-6-16/h5-10,12,15,22,27H,4,11,13-14H2,1-3H3,(H,28,32)/t15-,22?/m0/s1. The van der Waals surface area contributed by atoms with Gasteiger partial charge < -0.3 is 14.8 Å². The van der Waals surface area contributed by atoms with Crippen molar-refractivity contribution >= 4 is 46.9 Å². The van der Waals surface area contributed by atoms with Crippen LogP contribution in [0.2, 0.25) is 10.0 Å². The molecule has 0 bridgehead atoms. The van der Waals surface area contributed by atoms with E-state index in [1.807, 2.05) is 6.92 Å². The molecule has 9 nitrogen and oxygen atoms in total. The van der Waals surface area contributed by atoms with Crippen LogP contribution < -0.4 is 15.4 Å². The summed E-state index contributed by atoms with van der Waals surface area (Å²) >= 11 is 12.3. The van der Waals surface area contributed by atoms with Gasteiger partial charge in [0.2, 0.25) is 0 Å². The second kappa shape index (κ2) is 12.0. The number of hydrogen-bond donors (Lipinski definition) is 2. The third kappa shape index (κ3) is 6.70. The fraction of sp³-hybridized carbons (Fsp3) is 0.375. The number of carbonyl (C=O) groups is 3. The number of nitrogens with zero attached hydrogens (tertiary/aromatic N) is 2. The lowest BCUT2D eigenvalue weighted by atomic mass is 10.1. The molecule has 1 heterocycles. The summed E-state index contributed by atoms with van der Waals surface area (Å²) in [5.41, 5.74) is 1.38. The number of urea groups is 2. The molecule has 2 aromatic carbocycles. The van der Waals surface area contributed by atoms with Crippen LogP contribution in [0.5, 0.6) is 5.75 Å². The molecule has 2 aromatic rings. The first kappa shape index (κ1) is 26.4. The third-order valence-electron chi connectivity index (χ3n) is 5.32. The maximum atomic E-state index is 13.4. The van der Waals surface area contributed by atoms with Gasteiger partial charge in [0.1, 0.15) is 5.75 Å². The molecule has 1 saturated heterocycles. The van der Waals surface area contributed by atoms with Crippen LogP contribution in [0.4, 0.5) is 15.3 Å². The molecular weight excluding hydrogens is 495 g/mol. The quantitative estimate of drug-likeness (QED) is 0.429. The second-order valence-electron chi connectivity index (χ2n) is 8.06. The molecule has 188 valence electrons. The number of benzene rings is 2. The fourth-order valence-corrected chi connectivity index (χ4v) is 3.83. The lowest BCUT2D eigenvalue weighted by Gasteiger charge is -2.41. The zero-order valence-electron chi connectivity index (χ0n) is 19.7. The predicted molar refractivity (Wildman–Crippen MR) is 133 cm³/mol. The lowest BCUT2D eigenvalue weighted by molar-refractivity contribution is -0.145. The van der Waals surface area contributed by atoms with E-state index in [4.69, 9.17) is 32.7 Å². The molecule has 1 aliphatic rings. The van der Waals surface area contributed by atoms with Crippen LogP contribution in [-0.4, -0.2) is 54.4 Å². The maximum Gasteiger partial charge on any atom is 0.331 e. The van der Waals surface area contributed by atoms with Crippen molar-refractivity contribution in [2.24, 2.45) is 5.92 Å². The lowest BCUT2D eigenvalue weighted by Crippen LogP contribution is -2.67. The zero-order chi connectivity index (χ0) is 25.5. The third-order valence-corrected chi connectivity index (χ3v) is 5.86. The number of ether oxygens (including phenoxy) is 2. The Kier molecular flexibility index (Phi) is 9.06. The summed E-state index contributed by atoms with van der Waals surface area (Å²) < 4.78 is 10.3. The zero-order valence-corrected chi connectivity index (χ0v) is 21.2. The van der Waals surface area contributed by atoms with E-state index in [1.54, 1.807) is 49.4 Å². The van der Waals surface area contributed by atoms with Crippen molar-refractivity contribution < 1.29 is 23.9 Å². The number of halogens is 2. The average Bonchev–Trinajstić information content (AvgIpc) is 2.84. The number of esters is 1. The molecule has 4 amide bonds. The largest absolute Gasteiger partial charge is 0.492 e. The molecule has 1 fully saturated rings. The molecule has 11 heteroatoms. The number of rotatable bonds is 10. The highest BCUT2D eigenvalue weighted by Crippen LogP contribution is 2.29. The van der Waals surface area contributed by atoms with Gasteiger partial charge >= 0.3 is 18.0 Å². The van der Waals surface area contributed by atoms with Crippen molar-refractivity contribution in [3.63, 3.8) is 0 Å². The van der Waals surface area contributed by atoms with Crippen LogP contribution in [-0.2, 0) is 16.1 Å². The molecule has 2 atom stereocenters. The minimum absolute atomic E-state index is 0.129. The fourth-order valence-electron chi connectivity index (χ4n) is 3.47. The van der Waals surface area contributed by atoms with Gasteiger partial charge in [-0.2, -0.15) is 0 Å². The second-order valence-corrected chi connectivity index (χ2v) is 8.91. The molecule has 3 rings (SSSR count). The predicted octanol–water partition coefficient (Wildman–Crippen LogP) is 4.93. The minimum atomic E-state index is -0.881. The highest BCUT2D eigenvalue weighted by Gasteiger charge is 2.39. The van der Waals surface area contributed by atoms with E-state index >= 15 is 0 Å². The molecule has 35 heavy (non-hydrogen) atoms. The maximum absolute atomic E-state index is 13.4. The van der Waals surface area contributed by atoms with Crippen LogP contribution >= 0.6 is 23.2 Å². The Balaban J connectivity index is 1.85. The summed E-state index contributed by atoms with van der Waals surface area (Å²) in [7, 11) is 1.26. The van der Waals surface area contributed by atoms with E-state index in [-0.39, 0.29) is 13.1 Å². The first-order valence-corrected chi connectivity index (χ1v) is 11.9. The van der Waals surface area contributed by atoms with Gasteiger partial charge in [0, 0.05) is 17.3 Å². The summed E-state index contributed by atoms with van der Waals surface area (Å²) in [5.74, 6) is -0.662. The van der Waals surface area contributed by atoms with Crippen molar-refractivity contribution in [3.05, 3.63) is 58.1 Å². The molecule has 0 radical (unpaired) electrons. The number of nitrogens with one attached hydrogen (secondary N) is 2. The smallest absolute Gasteiger partial charge is 0.331 e. The molecule has 2 N–H and O–H groups in total. The normalized spacial score (nSPS) is 16.5. The first-order chi connectivity index (χ1) is 16.7. The molecule has 0 saturated carbocycles. The van der Waals surface area contributed by atoms with Crippen molar-refractivity contribution in [3.8, 4) is 5.75 Å². The van der Waals surface area contributed by atoms with Gasteiger partial charge in [-0.25, -0.2) is 14.5 Å². The number of methoxy groups -OCH3 is 1. The topological polar surface area (TPSA) is 100 Å². The number of amides is 4. The Bertz CT molecular complexity index is 1070. The van der Waals surface area contributed by atoms with E-state index in [1.165, 1.54) is 12.0 Å². The van der Waals surface area contributed by atoms with Crippen LogP contribution in [0, 0.1) is 5.92 Å². The Hall–Kier alpha value is -3.17. The van der Waals surface area contributed by atoms with Crippen molar-refractivity contribution in [1.82, 2.24) is 15.1 Å². The monoisotopic (exact) mass is 522 g/mol. The van der Waals surface area contributed by atoms with Crippen LogP contribution in [0.3, 0.4) is 0 Å². The van der Waals surface area contributed by atoms with Gasteiger partial charge in [-0.3, -0.25) is 15.0 Å². The molecule has 0 aliphatic carbocycles. The summed E-state index contributed by atoms with van der Waals surface area (Å²) in [6, 6.07) is 11.0. The van der Waals surface area contributed by atoms with Crippen LogP contribution in [0.1, 0.15) is 25.8 Å². The van der Waals surface area contributed by atoms with E-state index in [0.29, 0.717) is 28.1 Å². The minimum Gasteiger partial charge on any atom is -0.492 e. The first-order valence-electron chi connectivity index (χ1n) is 11.1. The van der Waals surface area contributed by atoms with Gasteiger partial charge in [-0.15, -0.1) is 0 Å². The van der Waals surface area contributed by atoms with Crippen LogP contribution in [0.25, 0.3) is 0 Å². The molecule has 0 aromatic heterocycles. The molecule has 1 aliphatic heterocycles. The van der Waals surface area contributed by atoms with Crippen molar-refractivity contribution in [2.45, 2.75) is 33.1 Å². The molecule has 1 unspecified atom stereocenters. The van der Waals surface area contributed by atoms with Crippen LogP contribution in [0.15, 0.2) is 42.5 Å². The highest BCUT2D eigenvalue weighted by molar-refractivity contribution is 6.32. The highest BCUT2D eigenvalue weighted by atomic mass is 35.5. The molecular formula is C24H28Cl2N4O5. The van der Waals surface area contributed by atoms with E-state index in [2.05, 4.69) is 10.6 Å². The Morgan fingerprint density at radius 3 is 2.51 bits per heavy atom. The van der Waals surface area contributed by atoms with Gasteiger partial charge in [-0.1, -0.05) is 49.2 Å². The molecule has 0 spiro atoms. The Morgan fingerprint density at radius 2 is 1.89 bits per heavy atom. The van der Waals surface area contributed by atoms with Gasteiger partial charge in [0.15, 0.2) is 6.29 Å². The van der Waals surface area contributed by atoms with Crippen molar-refractivity contribution in [1.29, 1.82) is 0 Å². The average molecular weight is 523 g/mol. The SMILES string of the molecule is CCCOc1ccc(NC2NC(=O)N(C[C@H](C)C(=O)OC)C(=O)N2Cc2ccc(Cl)cc2)cc1Cl. The van der Waals surface area contributed by atoms with Crippen molar-refractivity contribution in [2.75, 3.05) is 25.6 Å². The summed E-state index contributed by atoms with van der Waals surface area (Å²) in [5, 5.41) is 6.89. The number of anilines is 1. The van der Waals surface area contributed by atoms with Gasteiger partial charge in [0.05, 0.1) is 31.2 Å². The van der Waals surface area contributed by atoms with Gasteiger partial charge in [0.25, 0.3) is 0 Å². The Morgan fingerprint density at radius 1 is 1.17 bits per heavy atom. The van der Waals surface area contributed by atoms with E-state index in [0.717, 1.165) is 16.9 Å². The summed E-state index contributed by atoms with van der Waals surface area (Å²) in [6.45, 7) is 4.16. The van der Waals surface area contributed by atoms with Gasteiger partial charge in [-0.05, 0) is 42.3 Å². The van der Waals surface area contributed by atoms with E-state index < -0.39 is 30.2 Å². The Labute approximate surface area is 214 Å². The van der Waals surface area contributed by atoms with E-state index in [9.17, 15) is 14.4 Å².